The number of nitrogens with one attached hydrogen (secondary N) is 1. The van der Waals surface area contributed by atoms with Gasteiger partial charge in [-0.1, -0.05) is 257 Å². The lowest BCUT2D eigenvalue weighted by Crippen LogP contribution is -2.66. The second kappa shape index (κ2) is 58.7. The first-order valence-electron chi connectivity index (χ1n) is 37.8. The monoisotopic (exact) mass is 1380 g/mol. The van der Waals surface area contributed by atoms with Crippen LogP contribution in [0.2, 0.25) is 0 Å². The van der Waals surface area contributed by atoms with Crippen molar-refractivity contribution in [1.29, 1.82) is 0 Å². The molecule has 1 amide bonds. The summed E-state index contributed by atoms with van der Waals surface area (Å²) < 4.78 is 34.3. The van der Waals surface area contributed by atoms with E-state index in [4.69, 9.17) is 28.4 Å². The molecule has 3 heterocycles. The van der Waals surface area contributed by atoms with E-state index in [2.05, 4.69) is 129 Å². The summed E-state index contributed by atoms with van der Waals surface area (Å²) in [6.45, 7) is 1.58. The van der Waals surface area contributed by atoms with Crippen LogP contribution in [0.25, 0.3) is 0 Å². The van der Waals surface area contributed by atoms with Crippen LogP contribution in [0.1, 0.15) is 239 Å². The van der Waals surface area contributed by atoms with Crippen LogP contribution >= 0.6 is 0 Å². The molecule has 17 unspecified atom stereocenters. The highest BCUT2D eigenvalue weighted by molar-refractivity contribution is 5.76. The van der Waals surface area contributed by atoms with Crippen LogP contribution in [0.3, 0.4) is 0 Å². The molecule has 0 aliphatic carbocycles. The molecule has 0 radical (unpaired) electrons. The number of aliphatic hydroxyl groups is 11. The largest absolute Gasteiger partial charge is 0.394 e. The molecule has 12 N–H and O–H groups in total. The Balaban J connectivity index is 1.33. The third kappa shape index (κ3) is 39.0. The van der Waals surface area contributed by atoms with Gasteiger partial charge in [-0.2, -0.15) is 0 Å². The molecule has 3 aliphatic rings. The Labute approximate surface area is 588 Å². The molecule has 0 aromatic rings. The van der Waals surface area contributed by atoms with Crippen molar-refractivity contribution in [3.63, 3.8) is 0 Å². The van der Waals surface area contributed by atoms with Crippen LogP contribution < -0.4 is 5.32 Å². The van der Waals surface area contributed by atoms with Crippen molar-refractivity contribution in [3.8, 4) is 0 Å². The zero-order valence-corrected chi connectivity index (χ0v) is 59.7. The average molecular weight is 1380 g/mol. The summed E-state index contributed by atoms with van der Waals surface area (Å²) >= 11 is 0. The van der Waals surface area contributed by atoms with Gasteiger partial charge < -0.3 is 89.9 Å². The van der Waals surface area contributed by atoms with Gasteiger partial charge >= 0.3 is 0 Å². The number of hydrogen-bond donors (Lipinski definition) is 12. The van der Waals surface area contributed by atoms with Crippen molar-refractivity contribution in [2.75, 3.05) is 26.4 Å². The van der Waals surface area contributed by atoms with E-state index in [-0.39, 0.29) is 18.9 Å². The molecule has 3 aliphatic heterocycles. The zero-order valence-electron chi connectivity index (χ0n) is 59.7. The summed E-state index contributed by atoms with van der Waals surface area (Å²) in [5, 5.41) is 121. The van der Waals surface area contributed by atoms with Crippen molar-refractivity contribution in [1.82, 2.24) is 5.32 Å². The number of ether oxygens (including phenoxy) is 6. The van der Waals surface area contributed by atoms with E-state index in [1.807, 2.05) is 6.08 Å². The first-order valence-corrected chi connectivity index (χ1v) is 37.8. The lowest BCUT2D eigenvalue weighted by atomic mass is 9.96. The standard InChI is InChI=1S/C79H133NO18/c1-3-5-7-9-11-13-15-17-19-20-21-22-23-24-25-26-27-28-29-30-31-32-33-34-35-36-37-38-39-40-41-42-43-45-47-49-51-53-55-57-67(85)80-62(63(84)56-54-52-50-48-46-44-18-16-14-12-10-8-6-4-2)61-93-77-73(91)70(88)75(65(59-82)95-77)98-79-74(92)71(89)76(66(60-83)96-79)97-78-72(90)69(87)68(86)64(58-81)94-78/h5,7,11,13,17,19,21-22,24-25,27-28,30-31,33-34,46,48,54,56,62-66,68-79,81-84,86-92H,3-4,6,8-10,12,14-16,18,20,23,26,29,32,35-45,47,49-53,55,57-61H2,1-2H3,(H,80,85)/b7-5-,13-11-,19-17-,22-21-,25-24-,28-27-,31-30-,34-33-,48-46+,56-54+. The van der Waals surface area contributed by atoms with Crippen LogP contribution in [0.5, 0.6) is 0 Å². The SMILES string of the molecule is CC/C=C\C/C=C\C/C=C\C/C=C\C/C=C\C/C=C\C/C=C\C/C=C\CCCCCCCCCCCCCCCCC(=O)NC(COC1OC(CO)C(OC2OC(CO)C(OC3OC(CO)C(O)C(O)C3O)C(O)C2O)C(O)C1O)C(O)/C=C/CC/C=C/CCCCCCCCCC. The predicted molar refractivity (Wildman–Crippen MR) is 387 cm³/mol. The van der Waals surface area contributed by atoms with Crippen molar-refractivity contribution in [2.45, 2.75) is 343 Å². The smallest absolute Gasteiger partial charge is 0.220 e. The molecule has 3 fully saturated rings. The molecule has 17 atom stereocenters. The van der Waals surface area contributed by atoms with E-state index in [1.165, 1.54) is 103 Å². The first-order chi connectivity index (χ1) is 47.8. The van der Waals surface area contributed by atoms with Crippen LogP contribution in [-0.2, 0) is 33.2 Å². The molecule has 0 saturated carbocycles. The highest BCUT2D eigenvalue weighted by atomic mass is 16.8. The average Bonchev–Trinajstić information content (AvgIpc) is 0.785. The minimum Gasteiger partial charge on any atom is -0.394 e. The van der Waals surface area contributed by atoms with Gasteiger partial charge in [0.2, 0.25) is 5.91 Å². The second-order valence-electron chi connectivity index (χ2n) is 26.4. The lowest BCUT2D eigenvalue weighted by molar-refractivity contribution is -0.379. The number of carbonyl (C=O) groups is 1. The minimum atomic E-state index is -1.99. The van der Waals surface area contributed by atoms with E-state index < -0.39 is 124 Å². The Morgan fingerprint density at radius 2 is 0.714 bits per heavy atom. The molecule has 19 nitrogen and oxygen atoms in total. The van der Waals surface area contributed by atoms with E-state index >= 15 is 0 Å². The van der Waals surface area contributed by atoms with Crippen molar-refractivity contribution >= 4 is 5.91 Å². The summed E-state index contributed by atoms with van der Waals surface area (Å²) in [7, 11) is 0. The number of aliphatic hydroxyl groups excluding tert-OH is 11. The summed E-state index contributed by atoms with van der Waals surface area (Å²) in [5.41, 5.74) is 0. The van der Waals surface area contributed by atoms with Crippen LogP contribution in [0.15, 0.2) is 122 Å². The molecular weight excluding hydrogens is 1250 g/mol. The second-order valence-corrected chi connectivity index (χ2v) is 26.4. The number of rotatable bonds is 57. The van der Waals surface area contributed by atoms with Gasteiger partial charge in [-0.05, 0) is 96.3 Å². The fourth-order valence-electron chi connectivity index (χ4n) is 11.9. The quantitative estimate of drug-likeness (QED) is 0.0199. The zero-order chi connectivity index (χ0) is 71.1. The van der Waals surface area contributed by atoms with Gasteiger partial charge in [-0.15, -0.1) is 0 Å². The minimum absolute atomic E-state index is 0.228. The topological polar surface area (TPSA) is 307 Å². The summed E-state index contributed by atoms with van der Waals surface area (Å²) in [5.74, 6) is -0.291. The van der Waals surface area contributed by atoms with Gasteiger partial charge in [0.1, 0.15) is 73.2 Å². The number of allylic oxidation sites excluding steroid dienone is 19. The highest BCUT2D eigenvalue weighted by Gasteiger charge is 2.53. The number of carbonyl (C=O) groups excluding carboxylic acids is 1. The Bertz CT molecular complexity index is 2250. The van der Waals surface area contributed by atoms with Crippen molar-refractivity contribution in [3.05, 3.63) is 122 Å². The van der Waals surface area contributed by atoms with Crippen LogP contribution in [0.4, 0.5) is 0 Å². The molecule has 98 heavy (non-hydrogen) atoms. The van der Waals surface area contributed by atoms with E-state index in [0.717, 1.165) is 103 Å². The summed E-state index contributed by atoms with van der Waals surface area (Å²) in [6.07, 6.45) is 54.8. The normalized spacial score (nSPS) is 27.5. The highest BCUT2D eigenvalue weighted by Crippen LogP contribution is 2.33. The Morgan fingerprint density at radius 1 is 0.378 bits per heavy atom. The van der Waals surface area contributed by atoms with Gasteiger partial charge in [0, 0.05) is 6.42 Å². The molecule has 0 aromatic carbocycles. The maximum Gasteiger partial charge on any atom is 0.220 e. The number of amides is 1. The van der Waals surface area contributed by atoms with Crippen molar-refractivity contribution in [2.24, 2.45) is 0 Å². The maximum atomic E-state index is 13.4. The summed E-state index contributed by atoms with van der Waals surface area (Å²) in [4.78, 5) is 13.4. The number of unbranched alkanes of at least 4 members (excludes halogenated alkanes) is 23. The maximum absolute atomic E-state index is 13.4. The van der Waals surface area contributed by atoms with Crippen LogP contribution in [-0.4, -0.2) is 193 Å². The van der Waals surface area contributed by atoms with Crippen molar-refractivity contribution < 1.29 is 89.4 Å². The van der Waals surface area contributed by atoms with E-state index in [1.54, 1.807) is 6.08 Å². The Kier molecular flexibility index (Phi) is 52.9. The molecule has 562 valence electrons. The molecule has 0 spiro atoms. The van der Waals surface area contributed by atoms with Gasteiger partial charge in [0.25, 0.3) is 0 Å². The number of hydrogen-bond acceptors (Lipinski definition) is 18. The molecule has 3 saturated heterocycles. The molecule has 0 aromatic heterocycles. The Hall–Kier alpha value is -3.81. The molecule has 3 rings (SSSR count). The third-order valence-corrected chi connectivity index (χ3v) is 18.0. The van der Waals surface area contributed by atoms with Gasteiger partial charge in [-0.3, -0.25) is 4.79 Å². The van der Waals surface area contributed by atoms with Crippen LogP contribution in [0, 0.1) is 0 Å². The van der Waals surface area contributed by atoms with Gasteiger partial charge in [0.05, 0.1) is 38.6 Å². The van der Waals surface area contributed by atoms with E-state index in [9.17, 15) is 61.0 Å². The Morgan fingerprint density at radius 3 is 1.14 bits per heavy atom. The fraction of sp³-hybridized carbons (Fsp3) is 0.734. The fourth-order valence-corrected chi connectivity index (χ4v) is 11.9. The molecule has 19 heteroatoms. The third-order valence-electron chi connectivity index (χ3n) is 18.0. The lowest BCUT2D eigenvalue weighted by Gasteiger charge is -2.48. The predicted octanol–water partition coefficient (Wildman–Crippen LogP) is 11.6. The first kappa shape index (κ1) is 88.4. The van der Waals surface area contributed by atoms with Gasteiger partial charge in [-0.25, -0.2) is 0 Å². The van der Waals surface area contributed by atoms with Gasteiger partial charge in [0.15, 0.2) is 18.9 Å². The van der Waals surface area contributed by atoms with E-state index in [0.29, 0.717) is 12.8 Å². The molecule has 0 bridgehead atoms. The molecular formula is C79H133NO18. The summed E-state index contributed by atoms with van der Waals surface area (Å²) in [6, 6.07) is -0.997.